The van der Waals surface area contributed by atoms with E-state index >= 15 is 0 Å². The van der Waals surface area contributed by atoms with E-state index in [4.69, 9.17) is 0 Å². The molecule has 1 amide bonds. The van der Waals surface area contributed by atoms with Crippen molar-refractivity contribution in [3.05, 3.63) is 36.9 Å². The number of pyridine rings is 1. The summed E-state index contributed by atoms with van der Waals surface area (Å²) < 4.78 is 28.6. The van der Waals surface area contributed by atoms with Gasteiger partial charge in [0.2, 0.25) is 5.91 Å². The van der Waals surface area contributed by atoms with Gasteiger partial charge in [-0.1, -0.05) is 6.07 Å². The first kappa shape index (κ1) is 17.6. The molecule has 25 heavy (non-hydrogen) atoms. The number of carbonyl (C=O) groups is 1. The predicted molar refractivity (Wildman–Crippen MR) is 92.3 cm³/mol. The number of piperidine rings is 1. The van der Waals surface area contributed by atoms with Crippen LogP contribution in [0.2, 0.25) is 0 Å². The number of aryl methyl sites for hydroxylation is 1. The number of amides is 1. The molecule has 0 bridgehead atoms. The molecule has 0 aromatic carbocycles. The summed E-state index contributed by atoms with van der Waals surface area (Å²) >= 11 is 0. The van der Waals surface area contributed by atoms with Gasteiger partial charge in [-0.25, -0.2) is 18.4 Å². The maximum absolute atomic E-state index is 12.7. The topological polar surface area (TPSA) is 97.2 Å². The molecule has 1 N–H and O–H groups in total. The highest BCUT2D eigenvalue weighted by Gasteiger charge is 2.34. The first-order chi connectivity index (χ1) is 12.0. The lowest BCUT2D eigenvalue weighted by molar-refractivity contribution is -0.120. The molecule has 8 nitrogen and oxygen atoms in total. The Kier molecular flexibility index (Phi) is 5.14. The van der Waals surface area contributed by atoms with Crippen molar-refractivity contribution in [2.75, 3.05) is 18.4 Å². The second kappa shape index (κ2) is 7.32. The summed E-state index contributed by atoms with van der Waals surface area (Å²) in [7, 11) is -3.68. The normalized spacial score (nSPS) is 18.8. The van der Waals surface area contributed by atoms with Gasteiger partial charge < -0.3 is 9.88 Å². The zero-order valence-electron chi connectivity index (χ0n) is 14.0. The highest BCUT2D eigenvalue weighted by Crippen LogP contribution is 2.23. The predicted octanol–water partition coefficient (Wildman–Crippen LogP) is 1.34. The molecular weight excluding hydrogens is 342 g/mol. The Bertz CT molecular complexity index is 834. The zero-order chi connectivity index (χ0) is 17.9. The summed E-state index contributed by atoms with van der Waals surface area (Å²) in [5.41, 5.74) is 0. The van der Waals surface area contributed by atoms with E-state index < -0.39 is 15.9 Å². The Balaban J connectivity index is 1.71. The van der Waals surface area contributed by atoms with Gasteiger partial charge in [-0.15, -0.1) is 0 Å². The van der Waals surface area contributed by atoms with Crippen molar-refractivity contribution in [1.82, 2.24) is 18.8 Å². The highest BCUT2D eigenvalue weighted by atomic mass is 32.2. The minimum atomic E-state index is -3.68. The molecule has 0 saturated carbocycles. The van der Waals surface area contributed by atoms with Crippen LogP contribution in [-0.4, -0.2) is 46.3 Å². The van der Waals surface area contributed by atoms with Gasteiger partial charge in [0.15, 0.2) is 5.03 Å². The van der Waals surface area contributed by atoms with Crippen molar-refractivity contribution < 1.29 is 13.2 Å². The van der Waals surface area contributed by atoms with Crippen molar-refractivity contribution >= 4 is 21.7 Å². The monoisotopic (exact) mass is 363 g/mol. The number of aromatic nitrogens is 3. The van der Waals surface area contributed by atoms with E-state index in [2.05, 4.69) is 15.3 Å². The molecule has 3 rings (SSSR count). The number of nitrogens with zero attached hydrogens (tertiary/aromatic N) is 4. The lowest BCUT2D eigenvalue weighted by Gasteiger charge is -2.30. The molecule has 0 unspecified atom stereocenters. The molecule has 0 spiro atoms. The number of carbonyl (C=O) groups excluding carboxylic acids is 1. The third-order valence-electron chi connectivity index (χ3n) is 4.25. The van der Waals surface area contributed by atoms with Gasteiger partial charge in [0, 0.05) is 32.0 Å². The van der Waals surface area contributed by atoms with E-state index in [9.17, 15) is 13.2 Å². The molecule has 9 heteroatoms. The molecule has 134 valence electrons. The third-order valence-corrected chi connectivity index (χ3v) is 6.00. The summed E-state index contributed by atoms with van der Waals surface area (Å²) in [6.07, 6.45) is 5.90. The molecule has 1 saturated heterocycles. The van der Waals surface area contributed by atoms with Crippen molar-refractivity contribution in [1.29, 1.82) is 0 Å². The Morgan fingerprint density at radius 3 is 2.88 bits per heavy atom. The molecule has 0 aliphatic carbocycles. The second-order valence-electron chi connectivity index (χ2n) is 5.95. The smallest absolute Gasteiger partial charge is 0.262 e. The van der Waals surface area contributed by atoms with Gasteiger partial charge >= 0.3 is 0 Å². The third kappa shape index (κ3) is 3.88. The van der Waals surface area contributed by atoms with Crippen molar-refractivity contribution in [3.63, 3.8) is 0 Å². The van der Waals surface area contributed by atoms with Gasteiger partial charge in [0.25, 0.3) is 10.0 Å². The standard InChI is InChI=1S/C16H21N5O3S/c1-2-20-11-15(18-12-20)25(23,24)21-9-5-6-13(10-21)16(22)19-14-7-3-4-8-17-14/h3-4,7-8,11-13H,2,5-6,9-10H2,1H3,(H,17,19,22)/t13-/m0/s1. The fourth-order valence-corrected chi connectivity index (χ4v) is 4.28. The van der Waals surface area contributed by atoms with Crippen LogP contribution in [0, 0.1) is 5.92 Å². The Hall–Kier alpha value is -2.26. The average molecular weight is 363 g/mol. The summed E-state index contributed by atoms with van der Waals surface area (Å²) in [6, 6.07) is 5.25. The van der Waals surface area contributed by atoms with Crippen LogP contribution in [0.15, 0.2) is 41.9 Å². The maximum atomic E-state index is 12.7. The van der Waals surface area contributed by atoms with E-state index in [1.807, 2.05) is 6.92 Å². The number of anilines is 1. The van der Waals surface area contributed by atoms with E-state index in [1.165, 1.54) is 16.8 Å². The molecule has 0 radical (unpaired) electrons. The van der Waals surface area contributed by atoms with Gasteiger partial charge in [-0.3, -0.25) is 4.79 Å². The second-order valence-corrected chi connectivity index (χ2v) is 7.83. The van der Waals surface area contributed by atoms with Crippen LogP contribution in [0.25, 0.3) is 0 Å². The molecule has 1 aliphatic heterocycles. The maximum Gasteiger partial charge on any atom is 0.262 e. The van der Waals surface area contributed by atoms with Crippen LogP contribution in [0.5, 0.6) is 0 Å². The van der Waals surface area contributed by atoms with Crippen LogP contribution in [-0.2, 0) is 21.4 Å². The number of hydrogen-bond acceptors (Lipinski definition) is 5. The summed E-state index contributed by atoms with van der Waals surface area (Å²) in [5.74, 6) is -0.148. The Morgan fingerprint density at radius 2 is 2.20 bits per heavy atom. The van der Waals surface area contributed by atoms with E-state index in [-0.39, 0.29) is 17.5 Å². The van der Waals surface area contributed by atoms with Crippen LogP contribution >= 0.6 is 0 Å². The van der Waals surface area contributed by atoms with Gasteiger partial charge in [-0.2, -0.15) is 4.31 Å². The number of imidazole rings is 1. The number of rotatable bonds is 5. The SMILES string of the molecule is CCn1cnc(S(=O)(=O)N2CCC[C@H](C(=O)Nc3ccccn3)C2)c1. The highest BCUT2D eigenvalue weighted by molar-refractivity contribution is 7.89. The van der Waals surface area contributed by atoms with Crippen LogP contribution in [0.1, 0.15) is 19.8 Å². The van der Waals surface area contributed by atoms with Crippen molar-refractivity contribution in [2.45, 2.75) is 31.3 Å². The fourth-order valence-electron chi connectivity index (χ4n) is 2.82. The van der Waals surface area contributed by atoms with Gasteiger partial charge in [0.1, 0.15) is 5.82 Å². The molecule has 2 aromatic rings. The van der Waals surface area contributed by atoms with Crippen LogP contribution in [0.3, 0.4) is 0 Å². The lowest BCUT2D eigenvalue weighted by atomic mass is 9.99. The summed E-state index contributed by atoms with van der Waals surface area (Å²) in [6.45, 7) is 3.11. The molecular formula is C16H21N5O3S. The van der Waals surface area contributed by atoms with E-state index in [0.717, 1.165) is 0 Å². The van der Waals surface area contributed by atoms with E-state index in [0.29, 0.717) is 31.7 Å². The molecule has 3 heterocycles. The average Bonchev–Trinajstić information content (AvgIpc) is 3.13. The minimum absolute atomic E-state index is 0.0279. The first-order valence-electron chi connectivity index (χ1n) is 8.24. The van der Waals surface area contributed by atoms with E-state index in [1.54, 1.807) is 29.0 Å². The summed E-state index contributed by atoms with van der Waals surface area (Å²) in [5, 5.41) is 2.77. The van der Waals surface area contributed by atoms with Gasteiger partial charge in [-0.05, 0) is 31.9 Å². The number of nitrogens with one attached hydrogen (secondary N) is 1. The lowest BCUT2D eigenvalue weighted by Crippen LogP contribution is -2.43. The number of hydrogen-bond donors (Lipinski definition) is 1. The Labute approximate surface area is 146 Å². The fraction of sp³-hybridized carbons (Fsp3) is 0.438. The van der Waals surface area contributed by atoms with Gasteiger partial charge in [0.05, 0.1) is 12.2 Å². The van der Waals surface area contributed by atoms with Crippen molar-refractivity contribution in [3.8, 4) is 0 Å². The summed E-state index contributed by atoms with van der Waals surface area (Å²) in [4.78, 5) is 20.5. The molecule has 1 atom stereocenters. The minimum Gasteiger partial charge on any atom is -0.336 e. The zero-order valence-corrected chi connectivity index (χ0v) is 14.8. The quantitative estimate of drug-likeness (QED) is 0.864. The molecule has 2 aromatic heterocycles. The van der Waals surface area contributed by atoms with Crippen LogP contribution in [0.4, 0.5) is 5.82 Å². The van der Waals surface area contributed by atoms with Crippen LogP contribution < -0.4 is 5.32 Å². The molecule has 1 fully saturated rings. The number of sulfonamides is 1. The van der Waals surface area contributed by atoms with Crippen molar-refractivity contribution in [2.24, 2.45) is 5.92 Å². The first-order valence-corrected chi connectivity index (χ1v) is 9.68. The largest absolute Gasteiger partial charge is 0.336 e. The molecule has 1 aliphatic rings. The Morgan fingerprint density at radius 1 is 1.36 bits per heavy atom.